The number of hydrogen-bond acceptors (Lipinski definition) is 3. The first-order valence-corrected chi connectivity index (χ1v) is 8.84. The predicted molar refractivity (Wildman–Crippen MR) is 100 cm³/mol. The molecule has 0 radical (unpaired) electrons. The zero-order valence-corrected chi connectivity index (χ0v) is 15.2. The fourth-order valence-electron chi connectivity index (χ4n) is 3.15. The lowest BCUT2D eigenvalue weighted by Crippen LogP contribution is -2.54. The topological polar surface area (TPSA) is 53.8 Å². The van der Waals surface area contributed by atoms with Crippen LogP contribution in [0, 0.1) is 0 Å². The summed E-state index contributed by atoms with van der Waals surface area (Å²) in [6.45, 7) is 6.09. The van der Waals surface area contributed by atoms with Gasteiger partial charge in [-0.05, 0) is 37.6 Å². The first-order valence-electron chi connectivity index (χ1n) is 8.84. The van der Waals surface area contributed by atoms with Crippen LogP contribution in [-0.4, -0.2) is 47.8 Å². The molecule has 1 aromatic heterocycles. The Morgan fingerprint density at radius 3 is 2.23 bits per heavy atom. The number of amides is 2. The van der Waals surface area contributed by atoms with E-state index in [0.29, 0.717) is 31.9 Å². The van der Waals surface area contributed by atoms with Gasteiger partial charge >= 0.3 is 0 Å². The van der Waals surface area contributed by atoms with Gasteiger partial charge in [0.2, 0.25) is 11.8 Å². The molecule has 2 amide bonds. The van der Waals surface area contributed by atoms with Crippen LogP contribution in [0.2, 0.25) is 0 Å². The Hall–Kier alpha value is -2.82. The molecule has 2 aromatic rings. The molecule has 0 saturated carbocycles. The molecule has 1 aliphatic rings. The monoisotopic (exact) mass is 352 g/mol. The van der Waals surface area contributed by atoms with Crippen molar-refractivity contribution in [3.05, 3.63) is 66.1 Å². The van der Waals surface area contributed by atoms with Crippen molar-refractivity contribution < 1.29 is 14.0 Å². The van der Waals surface area contributed by atoms with E-state index in [2.05, 4.69) is 0 Å². The number of furan rings is 1. The van der Waals surface area contributed by atoms with E-state index in [0.717, 1.165) is 5.56 Å². The van der Waals surface area contributed by atoms with Gasteiger partial charge in [0.25, 0.3) is 0 Å². The first-order chi connectivity index (χ1) is 12.5. The van der Waals surface area contributed by atoms with Crippen molar-refractivity contribution in [1.29, 1.82) is 0 Å². The third kappa shape index (κ3) is 3.87. The summed E-state index contributed by atoms with van der Waals surface area (Å²) in [5.41, 5.74) is 0.428. The Morgan fingerprint density at radius 1 is 0.962 bits per heavy atom. The molecule has 0 aliphatic carbocycles. The predicted octanol–water partition coefficient (Wildman–Crippen LogP) is 2.94. The van der Waals surface area contributed by atoms with Gasteiger partial charge in [-0.1, -0.05) is 30.3 Å². The highest BCUT2D eigenvalue weighted by Crippen LogP contribution is 2.26. The molecule has 0 unspecified atom stereocenters. The summed E-state index contributed by atoms with van der Waals surface area (Å²) >= 11 is 0. The van der Waals surface area contributed by atoms with Gasteiger partial charge in [-0.3, -0.25) is 9.59 Å². The second-order valence-electron chi connectivity index (χ2n) is 6.96. The highest BCUT2D eigenvalue weighted by Gasteiger charge is 2.35. The molecule has 3 rings (SSSR count). The van der Waals surface area contributed by atoms with Crippen molar-refractivity contribution in [1.82, 2.24) is 9.80 Å². The van der Waals surface area contributed by atoms with Crippen molar-refractivity contribution in [2.45, 2.75) is 19.3 Å². The second-order valence-corrected chi connectivity index (χ2v) is 6.96. The molecule has 0 atom stereocenters. The lowest BCUT2D eigenvalue weighted by atomic mass is 9.83. The van der Waals surface area contributed by atoms with Gasteiger partial charge in [-0.25, -0.2) is 0 Å². The molecule has 0 spiro atoms. The van der Waals surface area contributed by atoms with E-state index < -0.39 is 5.41 Å². The number of piperazine rings is 1. The molecule has 1 aromatic carbocycles. The molecule has 0 N–H and O–H groups in total. The molecule has 1 aliphatic heterocycles. The zero-order valence-electron chi connectivity index (χ0n) is 15.2. The summed E-state index contributed by atoms with van der Waals surface area (Å²) < 4.78 is 5.19. The van der Waals surface area contributed by atoms with Crippen LogP contribution in [-0.2, 0) is 15.0 Å². The van der Waals surface area contributed by atoms with Gasteiger partial charge in [0.05, 0.1) is 11.7 Å². The van der Waals surface area contributed by atoms with E-state index in [-0.39, 0.29) is 11.8 Å². The van der Waals surface area contributed by atoms with Crippen LogP contribution < -0.4 is 0 Å². The summed E-state index contributed by atoms with van der Waals surface area (Å²) in [4.78, 5) is 28.9. The van der Waals surface area contributed by atoms with E-state index >= 15 is 0 Å². The summed E-state index contributed by atoms with van der Waals surface area (Å²) in [5.74, 6) is 0.689. The number of carbonyl (C=O) groups excluding carboxylic acids is 2. The van der Waals surface area contributed by atoms with Crippen molar-refractivity contribution in [2.24, 2.45) is 0 Å². The van der Waals surface area contributed by atoms with Crippen molar-refractivity contribution >= 4 is 17.9 Å². The number of nitrogens with zero attached hydrogens (tertiary/aromatic N) is 2. The molecule has 1 fully saturated rings. The fourth-order valence-corrected chi connectivity index (χ4v) is 3.15. The molecular weight excluding hydrogens is 328 g/mol. The maximum Gasteiger partial charge on any atom is 0.246 e. The smallest absolute Gasteiger partial charge is 0.246 e. The molecular formula is C21H24N2O3. The van der Waals surface area contributed by atoms with Crippen LogP contribution in [0.4, 0.5) is 0 Å². The molecule has 5 nitrogen and oxygen atoms in total. The minimum Gasteiger partial charge on any atom is -0.465 e. The highest BCUT2D eigenvalue weighted by molar-refractivity contribution is 5.92. The number of hydrogen-bond donors (Lipinski definition) is 0. The SMILES string of the molecule is CC(C)(C(=O)N1CCN(C(=O)C=Cc2ccco2)CC1)c1ccccc1. The largest absolute Gasteiger partial charge is 0.465 e. The Morgan fingerprint density at radius 2 is 1.62 bits per heavy atom. The average Bonchev–Trinajstić information content (AvgIpc) is 3.20. The highest BCUT2D eigenvalue weighted by atomic mass is 16.3. The van der Waals surface area contributed by atoms with Gasteiger partial charge in [-0.2, -0.15) is 0 Å². The average molecular weight is 352 g/mol. The maximum atomic E-state index is 13.0. The Kier molecular flexibility index (Phi) is 5.26. The number of carbonyl (C=O) groups is 2. The van der Waals surface area contributed by atoms with Crippen molar-refractivity contribution in [2.75, 3.05) is 26.2 Å². The van der Waals surface area contributed by atoms with Crippen LogP contribution in [0.15, 0.2) is 59.2 Å². The lowest BCUT2D eigenvalue weighted by molar-refractivity contribution is -0.141. The van der Waals surface area contributed by atoms with E-state index in [9.17, 15) is 9.59 Å². The first kappa shape index (κ1) is 18.0. The normalized spacial score (nSPS) is 15.5. The van der Waals surface area contributed by atoms with Crippen LogP contribution in [0.25, 0.3) is 6.08 Å². The summed E-state index contributed by atoms with van der Waals surface area (Å²) in [7, 11) is 0. The van der Waals surface area contributed by atoms with Gasteiger partial charge in [-0.15, -0.1) is 0 Å². The Labute approximate surface area is 153 Å². The van der Waals surface area contributed by atoms with E-state index in [1.807, 2.05) is 49.1 Å². The van der Waals surface area contributed by atoms with Crippen LogP contribution in [0.1, 0.15) is 25.2 Å². The summed E-state index contributed by atoms with van der Waals surface area (Å²) in [6.07, 6.45) is 4.76. The molecule has 26 heavy (non-hydrogen) atoms. The van der Waals surface area contributed by atoms with Crippen LogP contribution in [0.3, 0.4) is 0 Å². The molecule has 1 saturated heterocycles. The van der Waals surface area contributed by atoms with Gasteiger partial charge < -0.3 is 14.2 Å². The van der Waals surface area contributed by atoms with Crippen molar-refractivity contribution in [3.8, 4) is 0 Å². The molecule has 0 bridgehead atoms. The van der Waals surface area contributed by atoms with Gasteiger partial charge in [0.1, 0.15) is 5.76 Å². The molecule has 136 valence electrons. The fraction of sp³-hybridized carbons (Fsp3) is 0.333. The quantitative estimate of drug-likeness (QED) is 0.795. The van der Waals surface area contributed by atoms with Crippen LogP contribution >= 0.6 is 0 Å². The number of rotatable bonds is 4. The molecule has 2 heterocycles. The Balaban J connectivity index is 1.58. The second kappa shape index (κ2) is 7.60. The van der Waals surface area contributed by atoms with Gasteiger partial charge in [0, 0.05) is 32.3 Å². The minimum atomic E-state index is -0.577. The third-order valence-electron chi connectivity index (χ3n) is 4.84. The molecule has 5 heteroatoms. The lowest BCUT2D eigenvalue weighted by Gasteiger charge is -2.38. The van der Waals surface area contributed by atoms with E-state index in [1.54, 1.807) is 29.4 Å². The van der Waals surface area contributed by atoms with Gasteiger partial charge in [0.15, 0.2) is 0 Å². The van der Waals surface area contributed by atoms with Crippen molar-refractivity contribution in [3.63, 3.8) is 0 Å². The summed E-state index contributed by atoms with van der Waals surface area (Å²) in [5, 5.41) is 0. The standard InChI is InChI=1S/C21H24N2O3/c1-21(2,17-7-4-3-5-8-17)20(25)23-14-12-22(13-15-23)19(24)11-10-18-9-6-16-26-18/h3-11,16H,12-15H2,1-2H3. The van der Waals surface area contributed by atoms with Crippen LogP contribution in [0.5, 0.6) is 0 Å². The summed E-state index contributed by atoms with van der Waals surface area (Å²) in [6, 6.07) is 13.4. The number of benzene rings is 1. The third-order valence-corrected chi connectivity index (χ3v) is 4.84. The van der Waals surface area contributed by atoms with E-state index in [4.69, 9.17) is 4.42 Å². The maximum absolute atomic E-state index is 13.0. The van der Waals surface area contributed by atoms with E-state index in [1.165, 1.54) is 6.08 Å². The Bertz CT molecular complexity index is 771. The zero-order chi connectivity index (χ0) is 18.6. The minimum absolute atomic E-state index is 0.0594.